The molecular formula is C89H96B2Cl10IN25NaO12. The Morgan fingerprint density at radius 1 is 0.400 bits per heavy atom. The maximum Gasteiger partial charge on any atom is 1.00 e. The number of hydrogen-bond acceptors (Lipinski definition) is 27. The fraction of sp³-hybridized carbons (Fsp3) is 0.303. The number of anilines is 5. The van der Waals surface area contributed by atoms with E-state index in [1.54, 1.807) is 125 Å². The number of halogens is 11. The molecule has 0 unspecified atom stereocenters. The smallest absolute Gasteiger partial charge is 1.00 e. The summed E-state index contributed by atoms with van der Waals surface area (Å²) in [6.07, 6.45) is 9.48. The first-order chi connectivity index (χ1) is 65.8. The van der Waals surface area contributed by atoms with Crippen LogP contribution in [-0.2, 0) is 114 Å². The summed E-state index contributed by atoms with van der Waals surface area (Å²) in [5.41, 5.74) is 9.48. The van der Waals surface area contributed by atoms with Gasteiger partial charge >= 0.3 is 36.7 Å². The zero-order chi connectivity index (χ0) is 100.0. The predicted octanol–water partition coefficient (Wildman–Crippen LogP) is 14.7. The number of aromatic nitrogens is 20. The van der Waals surface area contributed by atoms with Crippen LogP contribution in [0.3, 0.4) is 0 Å². The number of aldehydes is 1. The van der Waals surface area contributed by atoms with E-state index in [0.717, 1.165) is 39.8 Å². The van der Waals surface area contributed by atoms with Crippen molar-refractivity contribution in [1.82, 2.24) is 98.7 Å². The fourth-order valence-electron chi connectivity index (χ4n) is 13.2. The molecule has 3 radical (unpaired) electrons. The summed E-state index contributed by atoms with van der Waals surface area (Å²) < 4.78 is 40.5. The summed E-state index contributed by atoms with van der Waals surface area (Å²) in [6, 6.07) is 26.6. The number of aromatic amines is 5. The van der Waals surface area contributed by atoms with E-state index in [1.807, 2.05) is 85.7 Å². The Morgan fingerprint density at radius 2 is 0.679 bits per heavy atom. The average molecular weight is 2230 g/mol. The number of carbonyl (C=O) groups excluding carboxylic acids is 1. The van der Waals surface area contributed by atoms with Crippen LogP contribution in [-0.4, -0.2) is 165 Å². The number of fused-ring (bicyclic) bond motifs is 5. The Bertz CT molecular complexity index is 7140. The van der Waals surface area contributed by atoms with Crippen molar-refractivity contribution in [2.75, 3.05) is 59.6 Å². The molecule has 51 heteroatoms. The maximum atomic E-state index is 12.4. The van der Waals surface area contributed by atoms with E-state index >= 15 is 0 Å². The minimum absolute atomic E-state index is 0. The summed E-state index contributed by atoms with van der Waals surface area (Å²) in [4.78, 5) is 108. The second-order valence-electron chi connectivity index (χ2n) is 30.9. The van der Waals surface area contributed by atoms with Crippen LogP contribution in [0.2, 0.25) is 50.2 Å². The third kappa shape index (κ3) is 30.0. The van der Waals surface area contributed by atoms with Gasteiger partial charge in [-0.25, -0.2) is 24.9 Å². The van der Waals surface area contributed by atoms with Crippen LogP contribution in [0.5, 0.6) is 0 Å². The number of aryl methyl sites for hydroxylation is 5. The molecule has 1 aliphatic heterocycles. The number of hydrogen-bond donors (Lipinski definition) is 10. The summed E-state index contributed by atoms with van der Waals surface area (Å²) in [6.45, 7) is 20.8. The molecule has 1 fully saturated rings. The SMILES string of the molecule is CCO/C=C/B1OC(C)(C)C(C)(C)O1.CCO/C=C/c1nn(C)c2c(=O)[nH]c(NCc3ccc(Cl)c(Cl)c3)nc12.CCO/C=C/c1nn(C)c2c(=O)[nH]c(NCc3ccc(Cl)c(Cl)c3)nc12.CCOCCc1nn(C)c2c(=O)[nH]c(NCc3ccc(Cl)c(Cl)c3)nc12.Cn1nc(CC=O)c2nc(NCc3ccc(Cl)c(Cl)c3)[nH]c(=O)c21.Cn1nc(I)c2nc(NCc3ccc(Cl)c(Cl)c3)[nH]c(=O)c21.[B].[H-].[Na+]. The van der Waals surface area contributed by atoms with E-state index in [4.69, 9.17) is 144 Å². The van der Waals surface area contributed by atoms with Gasteiger partial charge in [-0.05, 0) is 172 Å². The predicted molar refractivity (Wildman–Crippen MR) is 562 cm³/mol. The molecule has 0 saturated carbocycles. The van der Waals surface area contributed by atoms with Crippen LogP contribution in [0.15, 0.2) is 140 Å². The van der Waals surface area contributed by atoms with Gasteiger partial charge in [0.1, 0.15) is 49.0 Å². The fourth-order valence-corrected chi connectivity index (χ4v) is 15.5. The number of carbonyl (C=O) groups is 1. The van der Waals surface area contributed by atoms with Gasteiger partial charge in [-0.15, -0.1) is 0 Å². The van der Waals surface area contributed by atoms with Gasteiger partial charge in [0.25, 0.3) is 27.8 Å². The molecular weight excluding hydrogens is 2140 g/mol. The molecule has 10 aromatic heterocycles. The van der Waals surface area contributed by atoms with Crippen molar-refractivity contribution in [3.63, 3.8) is 0 Å². The number of nitrogens with one attached hydrogen (secondary N) is 10. The number of nitrogens with zero attached hydrogens (tertiary/aromatic N) is 15. The quantitative estimate of drug-likeness (QED) is 0.00657. The van der Waals surface area contributed by atoms with Crippen molar-refractivity contribution in [3.8, 4) is 0 Å². The third-order valence-electron chi connectivity index (χ3n) is 20.5. The average Bonchev–Trinajstić information content (AvgIpc) is 1.68. The third-order valence-corrected chi connectivity index (χ3v) is 25.0. The molecule has 1 aliphatic rings. The van der Waals surface area contributed by atoms with Crippen molar-refractivity contribution < 1.29 is 64.0 Å². The first kappa shape index (κ1) is 113. The van der Waals surface area contributed by atoms with Crippen LogP contribution in [0.4, 0.5) is 29.7 Å². The summed E-state index contributed by atoms with van der Waals surface area (Å²) in [7, 11) is 8.17. The number of ether oxygens (including phenoxy) is 4. The zero-order valence-electron chi connectivity index (χ0n) is 79.1. The largest absolute Gasteiger partial charge is 1.00 e. The Kier molecular flexibility index (Phi) is 42.7. The minimum Gasteiger partial charge on any atom is -1.00 e. The van der Waals surface area contributed by atoms with E-state index in [-0.39, 0.29) is 91.9 Å². The Morgan fingerprint density at radius 3 is 0.993 bits per heavy atom. The summed E-state index contributed by atoms with van der Waals surface area (Å²) >= 11 is 61.6. The molecule has 10 N–H and O–H groups in total. The van der Waals surface area contributed by atoms with E-state index in [0.29, 0.717) is 228 Å². The molecule has 37 nitrogen and oxygen atoms in total. The Hall–Kier alpha value is -10.2. The molecule has 1 saturated heterocycles. The normalized spacial score (nSPS) is 12.4. The molecule has 11 heterocycles. The monoisotopic (exact) mass is 2230 g/mol. The second-order valence-corrected chi connectivity index (χ2v) is 36.0. The van der Waals surface area contributed by atoms with Crippen molar-refractivity contribution >= 4 is 257 Å². The Labute approximate surface area is 891 Å². The van der Waals surface area contributed by atoms with Gasteiger partial charge in [0.15, 0.2) is 27.6 Å². The Balaban J connectivity index is 0.000000208. The van der Waals surface area contributed by atoms with E-state index in [9.17, 15) is 28.8 Å². The number of H-pyrrole nitrogens is 5. The molecule has 0 aliphatic carbocycles. The van der Waals surface area contributed by atoms with Crippen molar-refractivity contribution in [2.45, 2.75) is 112 Å². The molecule has 0 bridgehead atoms. The topological polar surface area (TPSA) is 450 Å². The number of benzene rings is 5. The van der Waals surface area contributed by atoms with Crippen molar-refractivity contribution in [1.29, 1.82) is 0 Å². The van der Waals surface area contributed by atoms with E-state index < -0.39 is 0 Å². The molecule has 15 aromatic rings. The first-order valence-corrected chi connectivity index (χ1v) is 47.3. The maximum absolute atomic E-state index is 12.4. The van der Waals surface area contributed by atoms with E-state index in [2.05, 4.69) is 125 Å². The van der Waals surface area contributed by atoms with Crippen LogP contribution in [0, 0.1) is 3.70 Å². The zero-order valence-corrected chi connectivity index (χ0v) is 89.8. The molecule has 0 spiro atoms. The van der Waals surface area contributed by atoms with Gasteiger partial charge in [0, 0.05) is 108 Å². The molecule has 16 rings (SSSR count). The molecule has 0 amide bonds. The van der Waals surface area contributed by atoms with Crippen LogP contribution in [0.1, 0.15) is 107 Å². The molecule has 733 valence electrons. The summed E-state index contributed by atoms with van der Waals surface area (Å²) in [5, 5.41) is 41.6. The van der Waals surface area contributed by atoms with Gasteiger partial charge in [-0.1, -0.05) is 146 Å². The second kappa shape index (κ2) is 52.7. The molecule has 140 heavy (non-hydrogen) atoms. The van der Waals surface area contributed by atoms with Crippen LogP contribution in [0.25, 0.3) is 67.3 Å². The van der Waals surface area contributed by atoms with Crippen LogP contribution >= 0.6 is 139 Å². The minimum atomic E-state index is -0.330. The van der Waals surface area contributed by atoms with E-state index in [1.165, 1.54) is 31.3 Å². The molecule has 5 aromatic carbocycles. The van der Waals surface area contributed by atoms with Gasteiger partial charge in [-0.2, -0.15) is 25.5 Å². The van der Waals surface area contributed by atoms with Crippen molar-refractivity contribution in [3.05, 3.63) is 272 Å². The molecule has 0 atom stereocenters. The van der Waals surface area contributed by atoms with Gasteiger partial charge < -0.3 is 61.1 Å². The van der Waals surface area contributed by atoms with Crippen molar-refractivity contribution in [2.24, 2.45) is 35.2 Å². The standard InChI is InChI=1S/C17H19Cl2N5O2.2C17H17Cl2N5O2.C15H13Cl2N5O2.C13H10Cl2IN5O.C10H19BO3.B.Na.H/c3*1-3-26-7-6-13-14-15(24(2)23-13)16(25)22-17(21-14)20-9-10-4-5-11(18)12(19)8-10;1-22-13-12(11(21-22)4-5-23)19-15(20-14(13)24)18-7-8-2-3-9(16)10(17)6-8;1-21-10-9(11(16)20-21)18-13(19-12(10)22)17-5-6-2-3-7(14)8(15)4-6;1-6-12-8-7-11-13-9(2,3)10(4,5)14-11;;;/h4-5,8H,3,6-7,9H2,1-2H3,(H2,20,21,22,25);2*4-8H,3,9H2,1-2H3,(H2,20,21,22,25);2-3,5-6H,4,7H2,1H3,(H2,18,19,20,24);2-4H,5H2,1H3,(H2,17,18,19,22);7-8H,6H2,1-5H3;;;/q;;;;;;;+1;-1/b;2*7-6+;;;8-7+;;;. The van der Waals surface area contributed by atoms with Gasteiger partial charge in [0.2, 0.25) is 29.7 Å². The first-order valence-electron chi connectivity index (χ1n) is 42.4. The number of rotatable bonds is 30. The van der Waals surface area contributed by atoms with Gasteiger partial charge in [-0.3, -0.25) is 72.3 Å². The van der Waals surface area contributed by atoms with Crippen LogP contribution < -0.4 is 83.9 Å². The summed E-state index contributed by atoms with van der Waals surface area (Å²) in [5.74, 6) is 3.52. The van der Waals surface area contributed by atoms with Gasteiger partial charge in [0.05, 0.1) is 118 Å².